The van der Waals surface area contributed by atoms with E-state index < -0.39 is 17.8 Å². The highest BCUT2D eigenvalue weighted by molar-refractivity contribution is 5.92. The zero-order valence-corrected chi connectivity index (χ0v) is 15.6. The molecule has 1 aliphatic heterocycles. The minimum Gasteiger partial charge on any atom is -0.368 e. The van der Waals surface area contributed by atoms with Gasteiger partial charge in [0.15, 0.2) is 0 Å². The summed E-state index contributed by atoms with van der Waals surface area (Å²) in [7, 11) is 0. The Morgan fingerprint density at radius 3 is 2.10 bits per heavy atom. The molecule has 29 heavy (non-hydrogen) atoms. The molecule has 9 heteroatoms. The minimum absolute atomic E-state index is 0.183. The summed E-state index contributed by atoms with van der Waals surface area (Å²) in [5, 5.41) is 4.85. The van der Waals surface area contributed by atoms with Crippen LogP contribution < -0.4 is 15.5 Å². The average molecular weight is 406 g/mol. The van der Waals surface area contributed by atoms with Crippen molar-refractivity contribution < 1.29 is 22.8 Å². The van der Waals surface area contributed by atoms with Gasteiger partial charge in [-0.3, -0.25) is 4.79 Å². The standard InChI is InChI=1S/C20H21F3N4O2/c21-20(22,23)15-6-8-16(9-7-15)25-19(29)24-14-18(28)27-12-10-26(11-13-27)17-4-2-1-3-5-17/h1-9H,10-14H2,(H2,24,25,29). The van der Waals surface area contributed by atoms with Crippen LogP contribution in [0.2, 0.25) is 0 Å². The molecule has 0 aliphatic carbocycles. The molecule has 0 bridgehead atoms. The smallest absolute Gasteiger partial charge is 0.368 e. The molecule has 2 N–H and O–H groups in total. The van der Waals surface area contributed by atoms with Crippen LogP contribution in [0.1, 0.15) is 5.56 Å². The van der Waals surface area contributed by atoms with Crippen LogP contribution >= 0.6 is 0 Å². The summed E-state index contributed by atoms with van der Waals surface area (Å²) in [6, 6.07) is 13.3. The first-order valence-corrected chi connectivity index (χ1v) is 9.13. The van der Waals surface area contributed by atoms with Crippen molar-refractivity contribution in [1.29, 1.82) is 0 Å². The first-order valence-electron chi connectivity index (χ1n) is 9.13. The van der Waals surface area contributed by atoms with Gasteiger partial charge in [0.1, 0.15) is 0 Å². The Labute approximate surface area is 166 Å². The molecular weight excluding hydrogens is 385 g/mol. The highest BCUT2D eigenvalue weighted by Crippen LogP contribution is 2.29. The maximum atomic E-state index is 12.5. The molecule has 0 aromatic heterocycles. The molecule has 0 spiro atoms. The normalized spacial score (nSPS) is 14.4. The van der Waals surface area contributed by atoms with Crippen molar-refractivity contribution in [2.24, 2.45) is 0 Å². The predicted molar refractivity (Wildman–Crippen MR) is 104 cm³/mol. The number of halogens is 3. The van der Waals surface area contributed by atoms with Gasteiger partial charge < -0.3 is 20.4 Å². The molecule has 2 aromatic rings. The number of amides is 3. The predicted octanol–water partition coefficient (Wildman–Crippen LogP) is 3.18. The zero-order valence-electron chi connectivity index (χ0n) is 15.6. The van der Waals surface area contributed by atoms with E-state index in [1.54, 1.807) is 4.90 Å². The van der Waals surface area contributed by atoms with Crippen LogP contribution in [0.4, 0.5) is 29.3 Å². The van der Waals surface area contributed by atoms with E-state index in [2.05, 4.69) is 15.5 Å². The zero-order chi connectivity index (χ0) is 20.9. The molecule has 1 saturated heterocycles. The molecular formula is C20H21F3N4O2. The number of hydrogen-bond acceptors (Lipinski definition) is 3. The number of rotatable bonds is 4. The van der Waals surface area contributed by atoms with Crippen molar-refractivity contribution in [2.75, 3.05) is 42.9 Å². The number of urea groups is 1. The largest absolute Gasteiger partial charge is 0.416 e. The van der Waals surface area contributed by atoms with Crippen LogP contribution in [0, 0.1) is 0 Å². The Kier molecular flexibility index (Phi) is 6.26. The molecule has 2 aromatic carbocycles. The molecule has 0 unspecified atom stereocenters. The van der Waals surface area contributed by atoms with Crippen molar-refractivity contribution in [3.8, 4) is 0 Å². The van der Waals surface area contributed by atoms with Crippen molar-refractivity contribution >= 4 is 23.3 Å². The fraction of sp³-hybridized carbons (Fsp3) is 0.300. The van der Waals surface area contributed by atoms with E-state index in [9.17, 15) is 22.8 Å². The molecule has 3 amide bonds. The third-order valence-electron chi connectivity index (χ3n) is 4.62. The van der Waals surface area contributed by atoms with Gasteiger partial charge in [0.25, 0.3) is 0 Å². The summed E-state index contributed by atoms with van der Waals surface area (Å²) < 4.78 is 37.6. The topological polar surface area (TPSA) is 64.7 Å². The summed E-state index contributed by atoms with van der Waals surface area (Å²) in [5.74, 6) is -0.208. The number of anilines is 2. The minimum atomic E-state index is -4.43. The van der Waals surface area contributed by atoms with Crippen molar-refractivity contribution in [1.82, 2.24) is 10.2 Å². The monoisotopic (exact) mass is 406 g/mol. The average Bonchev–Trinajstić information content (AvgIpc) is 2.72. The van der Waals surface area contributed by atoms with E-state index in [1.807, 2.05) is 30.3 Å². The lowest BCUT2D eigenvalue weighted by molar-refractivity contribution is -0.137. The van der Waals surface area contributed by atoms with Crippen LogP contribution in [0.15, 0.2) is 54.6 Å². The Morgan fingerprint density at radius 2 is 1.52 bits per heavy atom. The quantitative estimate of drug-likeness (QED) is 0.820. The molecule has 3 rings (SSSR count). The first kappa shape index (κ1) is 20.5. The van der Waals surface area contributed by atoms with E-state index >= 15 is 0 Å². The fourth-order valence-corrected chi connectivity index (χ4v) is 3.04. The molecule has 6 nitrogen and oxygen atoms in total. The van der Waals surface area contributed by atoms with Gasteiger partial charge in [-0.2, -0.15) is 13.2 Å². The van der Waals surface area contributed by atoms with Crippen LogP contribution in [0.25, 0.3) is 0 Å². The van der Waals surface area contributed by atoms with Crippen LogP contribution in [-0.2, 0) is 11.0 Å². The van der Waals surface area contributed by atoms with Gasteiger partial charge in [-0.05, 0) is 36.4 Å². The number of carbonyl (C=O) groups excluding carboxylic acids is 2. The van der Waals surface area contributed by atoms with Gasteiger partial charge >= 0.3 is 12.2 Å². The summed E-state index contributed by atoms with van der Waals surface area (Å²) in [6.07, 6.45) is -4.43. The van der Waals surface area contributed by atoms with Crippen molar-refractivity contribution in [3.05, 3.63) is 60.2 Å². The van der Waals surface area contributed by atoms with Gasteiger partial charge in [0, 0.05) is 37.6 Å². The molecule has 154 valence electrons. The third-order valence-corrected chi connectivity index (χ3v) is 4.62. The van der Waals surface area contributed by atoms with Crippen molar-refractivity contribution in [2.45, 2.75) is 6.18 Å². The lowest BCUT2D eigenvalue weighted by Crippen LogP contribution is -2.51. The Morgan fingerprint density at radius 1 is 0.897 bits per heavy atom. The molecule has 1 fully saturated rings. The number of benzene rings is 2. The maximum Gasteiger partial charge on any atom is 0.416 e. The Bertz CT molecular complexity index is 833. The number of nitrogens with one attached hydrogen (secondary N) is 2. The molecule has 1 aliphatic rings. The summed E-state index contributed by atoms with van der Waals surface area (Å²) in [5.41, 5.74) is 0.515. The number of alkyl halides is 3. The number of hydrogen-bond donors (Lipinski definition) is 2. The number of piperazine rings is 1. The van der Waals surface area contributed by atoms with Gasteiger partial charge in [-0.1, -0.05) is 18.2 Å². The Hall–Kier alpha value is -3.23. The summed E-state index contributed by atoms with van der Waals surface area (Å²) in [6.45, 7) is 2.32. The van der Waals surface area contributed by atoms with E-state index in [1.165, 1.54) is 0 Å². The molecule has 0 radical (unpaired) electrons. The lowest BCUT2D eigenvalue weighted by atomic mass is 10.2. The van der Waals surface area contributed by atoms with E-state index in [4.69, 9.17) is 0 Å². The number of carbonyl (C=O) groups is 2. The Balaban J connectivity index is 1.42. The summed E-state index contributed by atoms with van der Waals surface area (Å²) in [4.78, 5) is 28.1. The highest BCUT2D eigenvalue weighted by atomic mass is 19.4. The highest BCUT2D eigenvalue weighted by Gasteiger charge is 2.30. The second-order valence-corrected chi connectivity index (χ2v) is 6.59. The number of para-hydroxylation sites is 1. The SMILES string of the molecule is O=C(NCC(=O)N1CCN(c2ccccc2)CC1)Nc1ccc(C(F)(F)F)cc1. The van der Waals surface area contributed by atoms with Gasteiger partial charge in [0.2, 0.25) is 5.91 Å². The third kappa shape index (κ3) is 5.63. The molecule has 0 atom stereocenters. The van der Waals surface area contributed by atoms with Crippen molar-refractivity contribution in [3.63, 3.8) is 0 Å². The second-order valence-electron chi connectivity index (χ2n) is 6.59. The van der Waals surface area contributed by atoms with Crippen LogP contribution in [0.3, 0.4) is 0 Å². The number of nitrogens with zero attached hydrogens (tertiary/aromatic N) is 2. The molecule has 0 saturated carbocycles. The van der Waals surface area contributed by atoms with E-state index in [-0.39, 0.29) is 18.1 Å². The maximum absolute atomic E-state index is 12.5. The fourth-order valence-electron chi connectivity index (χ4n) is 3.04. The van der Waals surface area contributed by atoms with Gasteiger partial charge in [-0.15, -0.1) is 0 Å². The van der Waals surface area contributed by atoms with Gasteiger partial charge in [-0.25, -0.2) is 4.79 Å². The van der Waals surface area contributed by atoms with Crippen LogP contribution in [0.5, 0.6) is 0 Å². The molecule has 1 heterocycles. The lowest BCUT2D eigenvalue weighted by Gasteiger charge is -2.36. The van der Waals surface area contributed by atoms with E-state index in [0.29, 0.717) is 26.2 Å². The van der Waals surface area contributed by atoms with Gasteiger partial charge in [0.05, 0.1) is 12.1 Å². The first-order chi connectivity index (χ1) is 13.8. The van der Waals surface area contributed by atoms with Crippen LogP contribution in [-0.4, -0.2) is 49.6 Å². The summed E-state index contributed by atoms with van der Waals surface area (Å²) >= 11 is 0. The second kappa shape index (κ2) is 8.85. The van der Waals surface area contributed by atoms with E-state index in [0.717, 1.165) is 30.0 Å².